The molecule has 6 heteroatoms. The van der Waals surface area contributed by atoms with E-state index in [0.29, 0.717) is 5.56 Å². The molecular formula is C26H36N3O3+. The van der Waals surface area contributed by atoms with Gasteiger partial charge in [0.05, 0.1) is 20.1 Å². The zero-order valence-electron chi connectivity index (χ0n) is 19.2. The van der Waals surface area contributed by atoms with Gasteiger partial charge in [-0.2, -0.15) is 0 Å². The van der Waals surface area contributed by atoms with E-state index in [0.717, 1.165) is 81.2 Å². The Morgan fingerprint density at radius 2 is 1.94 bits per heavy atom. The Kier molecular flexibility index (Phi) is 7.21. The van der Waals surface area contributed by atoms with Crippen molar-refractivity contribution < 1.29 is 19.1 Å². The van der Waals surface area contributed by atoms with E-state index in [-0.39, 0.29) is 12.0 Å². The predicted molar refractivity (Wildman–Crippen MR) is 123 cm³/mol. The molecule has 2 fully saturated rings. The number of aliphatic hydroxyl groups is 1. The van der Waals surface area contributed by atoms with Crippen molar-refractivity contribution in [3.05, 3.63) is 60.2 Å². The van der Waals surface area contributed by atoms with Crippen LogP contribution >= 0.6 is 0 Å². The average molecular weight is 439 g/mol. The first-order valence-electron chi connectivity index (χ1n) is 12.1. The molecule has 2 heterocycles. The molecule has 1 aliphatic carbocycles. The molecule has 1 aliphatic heterocycles. The number of nitrogens with zero attached hydrogens (tertiary/aromatic N) is 3. The highest BCUT2D eigenvalue weighted by Gasteiger charge is 2.49. The Bertz CT molecular complexity index is 872. The van der Waals surface area contributed by atoms with Crippen LogP contribution in [-0.4, -0.2) is 58.3 Å². The summed E-state index contributed by atoms with van der Waals surface area (Å²) in [7, 11) is 2.25. The number of quaternary nitrogens is 1. The minimum absolute atomic E-state index is 0.0743. The van der Waals surface area contributed by atoms with Gasteiger partial charge in [-0.05, 0) is 37.3 Å². The van der Waals surface area contributed by atoms with Crippen molar-refractivity contribution in [3.63, 3.8) is 0 Å². The van der Waals surface area contributed by atoms with Gasteiger partial charge in [0.15, 0.2) is 11.7 Å². The van der Waals surface area contributed by atoms with Crippen molar-refractivity contribution in [2.75, 3.05) is 26.7 Å². The maximum atomic E-state index is 13.4. The van der Waals surface area contributed by atoms with Crippen LogP contribution in [0.1, 0.15) is 56.2 Å². The third-order valence-corrected chi connectivity index (χ3v) is 7.39. The standard InChI is InChI=1S/C26H36N3O3/c1-29(17-7-13-23-15-16-27-20-28-23)18-8-14-24(19-29)32-25(30)26(31,22-11-5-6-12-22)21-9-3-2-4-10-21/h2-4,9-10,15-16,20,22,24,31H,5-8,11-14,17-19H2,1H3/q+1/t24?,26-,29?/m0/s1. The van der Waals surface area contributed by atoms with Gasteiger partial charge in [0.1, 0.15) is 12.9 Å². The van der Waals surface area contributed by atoms with E-state index < -0.39 is 11.6 Å². The zero-order chi connectivity index (χ0) is 22.4. The van der Waals surface area contributed by atoms with E-state index in [1.54, 1.807) is 12.5 Å². The first kappa shape index (κ1) is 22.9. The fourth-order valence-corrected chi connectivity index (χ4v) is 5.58. The lowest BCUT2D eigenvalue weighted by Crippen LogP contribution is -2.55. The quantitative estimate of drug-likeness (QED) is 0.503. The van der Waals surface area contributed by atoms with E-state index in [4.69, 9.17) is 4.74 Å². The summed E-state index contributed by atoms with van der Waals surface area (Å²) >= 11 is 0. The van der Waals surface area contributed by atoms with Gasteiger partial charge in [-0.3, -0.25) is 0 Å². The van der Waals surface area contributed by atoms with Crippen molar-refractivity contribution in [3.8, 4) is 0 Å². The lowest BCUT2D eigenvalue weighted by molar-refractivity contribution is -0.917. The molecule has 1 saturated heterocycles. The van der Waals surface area contributed by atoms with Crippen molar-refractivity contribution in [2.45, 2.75) is 63.1 Å². The van der Waals surface area contributed by atoms with Gasteiger partial charge >= 0.3 is 5.97 Å². The van der Waals surface area contributed by atoms with Crippen LogP contribution < -0.4 is 0 Å². The predicted octanol–water partition coefficient (Wildman–Crippen LogP) is 3.64. The number of hydrogen-bond donors (Lipinski definition) is 1. The van der Waals surface area contributed by atoms with Crippen LogP contribution in [0.4, 0.5) is 0 Å². The first-order valence-corrected chi connectivity index (χ1v) is 12.1. The highest BCUT2D eigenvalue weighted by Crippen LogP contribution is 2.42. The fourth-order valence-electron chi connectivity index (χ4n) is 5.58. The second-order valence-electron chi connectivity index (χ2n) is 9.84. The van der Waals surface area contributed by atoms with Crippen LogP contribution in [0.25, 0.3) is 0 Å². The summed E-state index contributed by atoms with van der Waals surface area (Å²) in [6.45, 7) is 2.90. The minimum Gasteiger partial charge on any atom is -0.454 e. The number of carbonyl (C=O) groups is 1. The number of ether oxygens (including phenoxy) is 1. The maximum absolute atomic E-state index is 13.4. The van der Waals surface area contributed by atoms with E-state index >= 15 is 0 Å². The molecule has 1 saturated carbocycles. The molecule has 1 aromatic carbocycles. The molecule has 0 amide bonds. The average Bonchev–Trinajstić information content (AvgIpc) is 3.35. The summed E-state index contributed by atoms with van der Waals surface area (Å²) in [6.07, 6.45) is 10.9. The molecule has 0 bridgehead atoms. The summed E-state index contributed by atoms with van der Waals surface area (Å²) in [5, 5.41) is 11.7. The van der Waals surface area contributed by atoms with Crippen LogP contribution in [0.2, 0.25) is 0 Å². The number of aryl methyl sites for hydroxylation is 1. The number of carbonyl (C=O) groups excluding carboxylic acids is 1. The Morgan fingerprint density at radius 3 is 2.66 bits per heavy atom. The molecule has 2 unspecified atom stereocenters. The van der Waals surface area contributed by atoms with Crippen molar-refractivity contribution in [2.24, 2.45) is 5.92 Å². The van der Waals surface area contributed by atoms with E-state index in [1.807, 2.05) is 36.4 Å². The summed E-state index contributed by atoms with van der Waals surface area (Å²) in [6, 6.07) is 11.4. The molecule has 1 aromatic heterocycles. The summed E-state index contributed by atoms with van der Waals surface area (Å²) < 4.78 is 6.94. The van der Waals surface area contributed by atoms with Crippen molar-refractivity contribution >= 4 is 5.97 Å². The highest BCUT2D eigenvalue weighted by atomic mass is 16.6. The van der Waals surface area contributed by atoms with Crippen LogP contribution in [0, 0.1) is 5.92 Å². The third kappa shape index (κ3) is 5.18. The second kappa shape index (κ2) is 10.1. The molecule has 172 valence electrons. The molecule has 3 atom stereocenters. The van der Waals surface area contributed by atoms with Gasteiger partial charge in [0.2, 0.25) is 0 Å². The van der Waals surface area contributed by atoms with Gasteiger partial charge in [0, 0.05) is 30.7 Å². The summed E-state index contributed by atoms with van der Waals surface area (Å²) in [5.74, 6) is -0.537. The molecule has 0 spiro atoms. The lowest BCUT2D eigenvalue weighted by atomic mass is 9.80. The number of aromatic nitrogens is 2. The van der Waals surface area contributed by atoms with Crippen molar-refractivity contribution in [1.82, 2.24) is 9.97 Å². The molecule has 32 heavy (non-hydrogen) atoms. The van der Waals surface area contributed by atoms with E-state index in [1.165, 1.54) is 0 Å². The number of esters is 1. The van der Waals surface area contributed by atoms with Gasteiger partial charge in [-0.1, -0.05) is 43.2 Å². The number of piperidine rings is 1. The Balaban J connectivity index is 1.40. The molecule has 4 rings (SSSR count). The molecule has 1 N–H and O–H groups in total. The number of hydrogen-bond acceptors (Lipinski definition) is 5. The number of benzene rings is 1. The van der Waals surface area contributed by atoms with Gasteiger partial charge < -0.3 is 14.3 Å². The third-order valence-electron chi connectivity index (χ3n) is 7.39. The molecular weight excluding hydrogens is 402 g/mol. The SMILES string of the molecule is C[N+]1(CCCc2ccncn2)CCCC(OC(=O)[C@](O)(c2ccccc2)C2CCCC2)C1. The smallest absolute Gasteiger partial charge is 0.343 e. The van der Waals surface area contributed by atoms with Crippen molar-refractivity contribution in [1.29, 1.82) is 0 Å². The maximum Gasteiger partial charge on any atom is 0.343 e. The Labute approximate surface area is 191 Å². The van der Waals surface area contributed by atoms with Gasteiger partial charge in [-0.15, -0.1) is 0 Å². The first-order chi connectivity index (χ1) is 15.5. The Hall–Kier alpha value is -2.31. The van der Waals surface area contributed by atoms with Crippen LogP contribution in [0.15, 0.2) is 48.9 Å². The van der Waals surface area contributed by atoms with E-state index in [2.05, 4.69) is 17.0 Å². The number of likely N-dealkylation sites (tertiary alicyclic amines) is 1. The Morgan fingerprint density at radius 1 is 1.16 bits per heavy atom. The van der Waals surface area contributed by atoms with Crippen LogP contribution in [-0.2, 0) is 21.6 Å². The van der Waals surface area contributed by atoms with Gasteiger partial charge in [-0.25, -0.2) is 14.8 Å². The molecule has 2 aliphatic rings. The van der Waals surface area contributed by atoms with E-state index in [9.17, 15) is 9.90 Å². The van der Waals surface area contributed by atoms with Crippen LogP contribution in [0.3, 0.4) is 0 Å². The fraction of sp³-hybridized carbons (Fsp3) is 0.577. The summed E-state index contributed by atoms with van der Waals surface area (Å²) in [4.78, 5) is 21.7. The topological polar surface area (TPSA) is 72.3 Å². The second-order valence-corrected chi connectivity index (χ2v) is 9.84. The highest BCUT2D eigenvalue weighted by molar-refractivity contribution is 5.81. The minimum atomic E-state index is -1.55. The lowest BCUT2D eigenvalue weighted by Gasteiger charge is -2.42. The monoisotopic (exact) mass is 438 g/mol. The normalized spacial score (nSPS) is 25.9. The van der Waals surface area contributed by atoms with Gasteiger partial charge in [0.25, 0.3) is 0 Å². The largest absolute Gasteiger partial charge is 0.454 e. The molecule has 0 radical (unpaired) electrons. The van der Waals surface area contributed by atoms with Crippen LogP contribution in [0.5, 0.6) is 0 Å². The number of likely N-dealkylation sites (N-methyl/N-ethyl adjacent to an activating group) is 1. The summed E-state index contributed by atoms with van der Waals surface area (Å²) in [5.41, 5.74) is 0.178. The molecule has 2 aromatic rings. The molecule has 6 nitrogen and oxygen atoms in total. The number of rotatable bonds is 8. The zero-order valence-corrected chi connectivity index (χ0v) is 19.2.